The lowest BCUT2D eigenvalue weighted by molar-refractivity contribution is 0.915. The van der Waals surface area contributed by atoms with Crippen LogP contribution in [0.1, 0.15) is 210 Å². The van der Waals surface area contributed by atoms with Gasteiger partial charge in [0.15, 0.2) is 0 Å². The van der Waals surface area contributed by atoms with Crippen LogP contribution in [-0.4, -0.2) is 39.9 Å². The van der Waals surface area contributed by atoms with Crippen molar-refractivity contribution in [1.82, 2.24) is 39.9 Å². The van der Waals surface area contributed by atoms with Crippen molar-refractivity contribution in [3.05, 3.63) is 138 Å². The highest BCUT2D eigenvalue weighted by atomic mass is 14.8. The molecule has 382 valence electrons. The number of aryl methyl sites for hydroxylation is 8. The summed E-state index contributed by atoms with van der Waals surface area (Å²) in [6, 6.07) is 13.9. The summed E-state index contributed by atoms with van der Waals surface area (Å²) in [4.78, 5) is 38.5. The lowest BCUT2D eigenvalue weighted by Crippen LogP contribution is -2.04. The topological polar surface area (TPSA) is 115 Å². The molecule has 4 N–H and O–H groups in total. The van der Waals surface area contributed by atoms with Crippen molar-refractivity contribution in [3.63, 3.8) is 0 Å². The highest BCUT2D eigenvalue weighted by Crippen LogP contribution is 2.43. The zero-order valence-corrected chi connectivity index (χ0v) is 47.3. The largest absolute Gasteiger partial charge is 0.355 e. The van der Waals surface area contributed by atoms with Crippen molar-refractivity contribution in [2.24, 2.45) is 0 Å². The second-order valence-electron chi connectivity index (χ2n) is 21.2. The third-order valence-corrected chi connectivity index (χ3v) is 17.5. The molecule has 0 fully saturated rings. The fourth-order valence-corrected chi connectivity index (χ4v) is 13.3. The van der Waals surface area contributed by atoms with Crippen LogP contribution in [0.15, 0.2) is 36.4 Å². The third kappa shape index (κ3) is 8.10. The molecule has 0 radical (unpaired) electrons. The SMILES string of the molecule is CCC1=C(C)c2nc1cc1[nH]c(cc3[nH]c(cc4nc(c2CCc2c5nc(cc6[nH]c(cc7[nH]c(cc8nc2C(C)=C8CC)c(C)c7CC)c(CC)c6C)C(CC)=C5C)C(C)=C4CC)c(C)c3CC)c(CC)c1C. The summed E-state index contributed by atoms with van der Waals surface area (Å²) in [6.45, 7) is 36.4. The number of allylic oxidation sites excluding steroid dienone is 8. The van der Waals surface area contributed by atoms with Gasteiger partial charge in [-0.2, -0.15) is 0 Å². The number of aromatic nitrogens is 8. The fraction of sp³-hybridized carbons (Fsp3) is 0.394. The van der Waals surface area contributed by atoms with E-state index in [0.29, 0.717) is 12.8 Å². The van der Waals surface area contributed by atoms with E-state index in [1.54, 1.807) is 0 Å². The number of H-pyrrole nitrogens is 4. The van der Waals surface area contributed by atoms with Gasteiger partial charge < -0.3 is 19.9 Å². The average molecular weight is 983 g/mol. The molecule has 8 heteroatoms. The number of nitrogens with one attached hydrogen (secondary N) is 4. The fourth-order valence-electron chi connectivity index (χ4n) is 13.3. The molecule has 10 rings (SSSR count). The van der Waals surface area contributed by atoms with E-state index >= 15 is 0 Å². The summed E-state index contributed by atoms with van der Waals surface area (Å²) in [5.41, 5.74) is 40.3. The van der Waals surface area contributed by atoms with E-state index in [2.05, 4.69) is 167 Å². The summed E-state index contributed by atoms with van der Waals surface area (Å²) in [7, 11) is 0. The van der Waals surface area contributed by atoms with Gasteiger partial charge in [0, 0.05) is 55.3 Å². The Bertz CT molecular complexity index is 3350. The van der Waals surface area contributed by atoms with Crippen molar-refractivity contribution < 1.29 is 0 Å². The molecule has 0 aromatic carbocycles. The first-order chi connectivity index (χ1) is 35.6. The predicted octanol–water partition coefficient (Wildman–Crippen LogP) is 17.6. The standard InChI is InChI=1S/C66H78N8/c1-17-41-33(9)51-27-59-45(21-5)37(13)63(71-59)49(64-38(14)46(22-6)60(72-64)28-52-34(10)42(18-2)56(68-52)31-55(41)67-51)25-26-50-65-39(15)47(23-7)61(73-65)29-53-35(11)43(19-3)57(69-53)32-58-44(20-4)36(12)54(70-58)30-62-48(24-8)40(16)66(50)74-62/h27-32,67-70H,17-26H2,1-16H3. The number of nitrogens with zero attached hydrogens (tertiary/aromatic N) is 4. The molecule has 10 heterocycles. The van der Waals surface area contributed by atoms with Crippen LogP contribution in [0.4, 0.5) is 0 Å². The number of rotatable bonds is 11. The second-order valence-corrected chi connectivity index (χ2v) is 21.2. The van der Waals surface area contributed by atoms with Crippen LogP contribution in [0.2, 0.25) is 0 Å². The van der Waals surface area contributed by atoms with Gasteiger partial charge in [0.25, 0.3) is 0 Å². The zero-order valence-electron chi connectivity index (χ0n) is 47.3. The Morgan fingerprint density at radius 3 is 0.676 bits per heavy atom. The highest BCUT2D eigenvalue weighted by Gasteiger charge is 2.29. The van der Waals surface area contributed by atoms with Crippen LogP contribution in [0.25, 0.3) is 88.7 Å². The molecule has 74 heavy (non-hydrogen) atoms. The van der Waals surface area contributed by atoms with E-state index in [9.17, 15) is 0 Å². The monoisotopic (exact) mass is 983 g/mol. The van der Waals surface area contributed by atoms with Gasteiger partial charge in [-0.25, -0.2) is 19.9 Å². The van der Waals surface area contributed by atoms with Crippen molar-refractivity contribution in [2.45, 2.75) is 175 Å². The number of aromatic amines is 4. The van der Waals surface area contributed by atoms with Crippen molar-refractivity contribution in [1.29, 1.82) is 0 Å². The minimum atomic E-state index is 0.704. The molecule has 6 aromatic rings. The molecular weight excluding hydrogens is 905 g/mol. The number of fused-ring (bicyclic) bond motifs is 16. The molecule has 6 aromatic heterocycles. The van der Waals surface area contributed by atoms with Crippen LogP contribution < -0.4 is 0 Å². The van der Waals surface area contributed by atoms with Crippen LogP contribution in [0.5, 0.6) is 0 Å². The first kappa shape index (κ1) is 50.7. The minimum absolute atomic E-state index is 0.704. The molecule has 0 saturated carbocycles. The summed E-state index contributed by atoms with van der Waals surface area (Å²) in [6.07, 6.45) is 8.63. The van der Waals surface area contributed by atoms with Gasteiger partial charge in [-0.1, -0.05) is 55.4 Å². The minimum Gasteiger partial charge on any atom is -0.355 e. The van der Waals surface area contributed by atoms with Crippen molar-refractivity contribution >= 4 is 88.7 Å². The Morgan fingerprint density at radius 2 is 0.486 bits per heavy atom. The lowest BCUT2D eigenvalue weighted by Gasteiger charge is -2.13. The van der Waals surface area contributed by atoms with E-state index < -0.39 is 0 Å². The Labute approximate surface area is 439 Å². The number of hydrogen-bond donors (Lipinski definition) is 4. The molecule has 4 aliphatic heterocycles. The Hall–Kier alpha value is -6.80. The Balaban J connectivity index is 1.32. The van der Waals surface area contributed by atoms with Gasteiger partial charge in [0.2, 0.25) is 0 Å². The zero-order chi connectivity index (χ0) is 52.6. The van der Waals surface area contributed by atoms with Crippen molar-refractivity contribution in [2.75, 3.05) is 0 Å². The second kappa shape index (κ2) is 19.8. The van der Waals surface area contributed by atoms with Crippen LogP contribution in [-0.2, 0) is 38.5 Å². The van der Waals surface area contributed by atoms with Gasteiger partial charge in [-0.3, -0.25) is 0 Å². The summed E-state index contributed by atoms with van der Waals surface area (Å²) >= 11 is 0. The van der Waals surface area contributed by atoms with Crippen LogP contribution in [0.3, 0.4) is 0 Å². The summed E-state index contributed by atoms with van der Waals surface area (Å²) in [5.74, 6) is 0. The van der Waals surface area contributed by atoms with Gasteiger partial charge >= 0.3 is 0 Å². The Morgan fingerprint density at radius 1 is 0.270 bits per heavy atom. The molecule has 0 aliphatic carbocycles. The lowest BCUT2D eigenvalue weighted by atomic mass is 9.91. The number of hydrogen-bond acceptors (Lipinski definition) is 4. The van der Waals surface area contributed by atoms with Crippen LogP contribution in [0, 0.1) is 27.7 Å². The first-order valence-electron chi connectivity index (χ1n) is 27.9. The molecule has 0 atom stereocenters. The van der Waals surface area contributed by atoms with Crippen molar-refractivity contribution in [3.8, 4) is 0 Å². The van der Waals surface area contributed by atoms with Crippen LogP contribution >= 0.6 is 0 Å². The van der Waals surface area contributed by atoms with Gasteiger partial charge in [-0.15, -0.1) is 0 Å². The smallest absolute Gasteiger partial charge is 0.0723 e. The molecule has 0 amide bonds. The normalized spacial score (nSPS) is 14.0. The summed E-state index contributed by atoms with van der Waals surface area (Å²) < 4.78 is 0. The van der Waals surface area contributed by atoms with Gasteiger partial charge in [-0.05, 0) is 245 Å². The molecule has 8 nitrogen and oxygen atoms in total. The van der Waals surface area contributed by atoms with E-state index in [-0.39, 0.29) is 0 Å². The summed E-state index contributed by atoms with van der Waals surface area (Å²) in [5, 5.41) is 0. The first-order valence-corrected chi connectivity index (χ1v) is 27.9. The van der Waals surface area contributed by atoms with Gasteiger partial charge in [0.05, 0.1) is 45.6 Å². The Kier molecular flexibility index (Phi) is 13.6. The molecule has 0 unspecified atom stereocenters. The maximum absolute atomic E-state index is 5.73. The highest BCUT2D eigenvalue weighted by molar-refractivity contribution is 5.99. The van der Waals surface area contributed by atoms with E-state index in [1.807, 2.05) is 0 Å². The molecule has 0 spiro atoms. The van der Waals surface area contributed by atoms with Gasteiger partial charge in [0.1, 0.15) is 0 Å². The molecule has 4 aliphatic rings. The quantitative estimate of drug-likeness (QED) is 0.103. The van der Waals surface area contributed by atoms with E-state index in [0.717, 1.165) is 141 Å². The molecule has 16 bridgehead atoms. The molecular formula is C66H78N8. The maximum Gasteiger partial charge on any atom is 0.0723 e. The maximum atomic E-state index is 5.73. The predicted molar refractivity (Wildman–Crippen MR) is 317 cm³/mol. The third-order valence-electron chi connectivity index (χ3n) is 17.5. The van der Waals surface area contributed by atoms with E-state index in [1.165, 1.54) is 100 Å². The van der Waals surface area contributed by atoms with E-state index in [4.69, 9.17) is 19.9 Å². The molecule has 0 saturated heterocycles. The average Bonchev–Trinajstić information content (AvgIpc) is 4.26.